The van der Waals surface area contributed by atoms with Crippen molar-refractivity contribution in [1.29, 1.82) is 5.26 Å². The van der Waals surface area contributed by atoms with E-state index in [9.17, 15) is 9.59 Å². The number of ether oxygens (including phenoxy) is 1. The van der Waals surface area contributed by atoms with E-state index in [4.69, 9.17) is 15.7 Å². The van der Waals surface area contributed by atoms with E-state index in [1.54, 1.807) is 47.0 Å². The molecule has 0 atom stereocenters. The molecule has 2 amide bonds. The van der Waals surface area contributed by atoms with Gasteiger partial charge in [0.05, 0.1) is 41.0 Å². The lowest BCUT2D eigenvalue weighted by Crippen LogP contribution is -2.58. The molecular weight excluding hydrogens is 484 g/mol. The van der Waals surface area contributed by atoms with E-state index in [0.717, 1.165) is 42.5 Å². The summed E-state index contributed by atoms with van der Waals surface area (Å²) >= 11 is 0. The number of hydrogen-bond acceptors (Lipinski definition) is 7. The molecule has 11 nitrogen and oxygen atoms in total. The average molecular weight is 511 g/mol. The van der Waals surface area contributed by atoms with E-state index < -0.39 is 5.91 Å². The molecule has 0 unspecified atom stereocenters. The Labute approximate surface area is 218 Å². The van der Waals surface area contributed by atoms with Crippen LogP contribution in [0, 0.1) is 23.7 Å². The van der Waals surface area contributed by atoms with Gasteiger partial charge in [-0.1, -0.05) is 0 Å². The van der Waals surface area contributed by atoms with Crippen LogP contribution >= 0.6 is 0 Å². The van der Waals surface area contributed by atoms with Crippen LogP contribution in [-0.2, 0) is 7.05 Å². The van der Waals surface area contributed by atoms with Crippen molar-refractivity contribution in [1.82, 2.24) is 29.9 Å². The second kappa shape index (κ2) is 8.69. The Morgan fingerprint density at radius 1 is 1.13 bits per heavy atom. The molecule has 0 aliphatic heterocycles. The van der Waals surface area contributed by atoms with Crippen LogP contribution in [-0.4, -0.2) is 48.5 Å². The molecule has 0 bridgehead atoms. The Kier molecular flexibility index (Phi) is 5.41. The molecule has 11 heteroatoms. The molecule has 38 heavy (non-hydrogen) atoms. The van der Waals surface area contributed by atoms with Crippen LogP contribution in [0.2, 0.25) is 0 Å². The number of amides is 2. The van der Waals surface area contributed by atoms with E-state index in [1.807, 2.05) is 19.1 Å². The van der Waals surface area contributed by atoms with Gasteiger partial charge in [0.1, 0.15) is 11.7 Å². The van der Waals surface area contributed by atoms with E-state index in [-0.39, 0.29) is 34.9 Å². The van der Waals surface area contributed by atoms with Crippen LogP contribution in [0.25, 0.3) is 16.7 Å². The van der Waals surface area contributed by atoms with Crippen molar-refractivity contribution in [3.63, 3.8) is 0 Å². The van der Waals surface area contributed by atoms with Gasteiger partial charge in [-0.05, 0) is 68.4 Å². The fourth-order valence-electron chi connectivity index (χ4n) is 5.73. The molecule has 2 aliphatic rings. The number of rotatable bonds is 6. The monoisotopic (exact) mass is 510 g/mol. The summed E-state index contributed by atoms with van der Waals surface area (Å²) in [5, 5.41) is 21.4. The normalized spacial score (nSPS) is 21.9. The van der Waals surface area contributed by atoms with Crippen LogP contribution in [0.1, 0.15) is 57.7 Å². The number of primary amides is 1. The molecule has 6 rings (SSSR count). The Hall–Kier alpha value is -4.72. The molecule has 1 aromatic carbocycles. The fourth-order valence-corrected chi connectivity index (χ4v) is 5.73. The van der Waals surface area contributed by atoms with Crippen LogP contribution in [0.5, 0.6) is 5.88 Å². The number of aryl methyl sites for hydroxylation is 1. The van der Waals surface area contributed by atoms with Gasteiger partial charge in [0.25, 0.3) is 11.8 Å². The third kappa shape index (κ3) is 3.94. The number of hydrogen-bond donors (Lipinski definition) is 2. The third-order valence-corrected chi connectivity index (χ3v) is 7.73. The second-order valence-corrected chi connectivity index (χ2v) is 10.3. The first kappa shape index (κ1) is 23.7. The highest BCUT2D eigenvalue weighted by atomic mass is 16.5. The van der Waals surface area contributed by atoms with Gasteiger partial charge >= 0.3 is 0 Å². The molecule has 2 aliphatic carbocycles. The number of nitriles is 1. The topological polar surface area (TPSA) is 154 Å². The maximum absolute atomic E-state index is 13.0. The predicted molar refractivity (Wildman–Crippen MR) is 137 cm³/mol. The van der Waals surface area contributed by atoms with Crippen molar-refractivity contribution in [2.24, 2.45) is 18.2 Å². The summed E-state index contributed by atoms with van der Waals surface area (Å²) in [4.78, 5) is 29.4. The van der Waals surface area contributed by atoms with Crippen molar-refractivity contribution in [2.75, 3.05) is 0 Å². The number of nitrogens with one attached hydrogen (secondary N) is 1. The van der Waals surface area contributed by atoms with Crippen LogP contribution < -0.4 is 15.8 Å². The fraction of sp³-hybridized carbons (Fsp3) is 0.333. The first-order chi connectivity index (χ1) is 18.2. The number of carbonyl (C=O) groups is 2. The van der Waals surface area contributed by atoms with Gasteiger partial charge in [-0.3, -0.25) is 14.3 Å². The SMILES string of the molecule is Cc1c(C(=O)N[C@H]2CC3(C2)C[C@H](Oc2nc4c(cnn4C)cc2C(N)=O)C3)cnn1-c1ccc(C#N)cc1. The molecule has 3 aromatic heterocycles. The molecule has 0 saturated heterocycles. The molecule has 2 fully saturated rings. The second-order valence-electron chi connectivity index (χ2n) is 10.3. The molecule has 3 N–H and O–H groups in total. The molecule has 192 valence electrons. The van der Waals surface area contributed by atoms with E-state index >= 15 is 0 Å². The number of aromatic nitrogens is 5. The van der Waals surface area contributed by atoms with Gasteiger partial charge in [-0.25, -0.2) is 4.68 Å². The predicted octanol–water partition coefficient (Wildman–Crippen LogP) is 2.55. The number of carbonyl (C=O) groups excluding carboxylic acids is 2. The summed E-state index contributed by atoms with van der Waals surface area (Å²) in [6.07, 6.45) is 6.56. The van der Waals surface area contributed by atoms with Gasteiger partial charge < -0.3 is 15.8 Å². The van der Waals surface area contributed by atoms with Crippen LogP contribution in [0.15, 0.2) is 42.7 Å². The molecule has 0 radical (unpaired) electrons. The highest BCUT2D eigenvalue weighted by Crippen LogP contribution is 2.56. The molecule has 3 heterocycles. The van der Waals surface area contributed by atoms with Crippen molar-refractivity contribution in [2.45, 2.75) is 44.8 Å². The van der Waals surface area contributed by atoms with E-state index in [1.165, 1.54) is 0 Å². The van der Waals surface area contributed by atoms with Gasteiger partial charge in [-0.2, -0.15) is 20.4 Å². The average Bonchev–Trinajstić information content (AvgIpc) is 3.42. The maximum Gasteiger partial charge on any atom is 0.254 e. The summed E-state index contributed by atoms with van der Waals surface area (Å²) < 4.78 is 9.42. The zero-order valence-electron chi connectivity index (χ0n) is 21.0. The molecule has 1 spiro atoms. The van der Waals surface area contributed by atoms with Gasteiger partial charge in [-0.15, -0.1) is 0 Å². The quantitative estimate of drug-likeness (QED) is 0.404. The lowest BCUT2D eigenvalue weighted by atomic mass is 9.53. The smallest absolute Gasteiger partial charge is 0.254 e. The zero-order valence-corrected chi connectivity index (χ0v) is 21.0. The van der Waals surface area contributed by atoms with Gasteiger partial charge in [0, 0.05) is 18.5 Å². The molecular formula is C27H26N8O3. The minimum Gasteiger partial charge on any atom is -0.474 e. The Balaban J connectivity index is 1.05. The van der Waals surface area contributed by atoms with E-state index in [0.29, 0.717) is 16.8 Å². The first-order valence-corrected chi connectivity index (χ1v) is 12.4. The minimum atomic E-state index is -0.587. The van der Waals surface area contributed by atoms with Crippen molar-refractivity contribution in [3.8, 4) is 17.6 Å². The molecule has 4 aromatic rings. The lowest BCUT2D eigenvalue weighted by molar-refractivity contribution is -0.0847. The highest BCUT2D eigenvalue weighted by molar-refractivity contribution is 5.98. The summed E-state index contributed by atoms with van der Waals surface area (Å²) in [5.74, 6) is -0.488. The number of pyridine rings is 1. The first-order valence-electron chi connectivity index (χ1n) is 12.4. The summed E-state index contributed by atoms with van der Waals surface area (Å²) in [6.45, 7) is 1.85. The number of fused-ring (bicyclic) bond motifs is 1. The number of benzene rings is 1. The van der Waals surface area contributed by atoms with Crippen molar-refractivity contribution >= 4 is 22.8 Å². The Morgan fingerprint density at radius 3 is 2.55 bits per heavy atom. The highest BCUT2D eigenvalue weighted by Gasteiger charge is 2.54. The number of nitrogens with zero attached hydrogens (tertiary/aromatic N) is 6. The van der Waals surface area contributed by atoms with Gasteiger partial charge in [0.2, 0.25) is 5.88 Å². The lowest BCUT2D eigenvalue weighted by Gasteiger charge is -2.57. The van der Waals surface area contributed by atoms with Crippen LogP contribution in [0.3, 0.4) is 0 Å². The van der Waals surface area contributed by atoms with Crippen molar-refractivity contribution in [3.05, 3.63) is 65.1 Å². The third-order valence-electron chi connectivity index (χ3n) is 7.73. The molecule has 2 saturated carbocycles. The largest absolute Gasteiger partial charge is 0.474 e. The Bertz CT molecular complexity index is 1610. The summed E-state index contributed by atoms with van der Waals surface area (Å²) in [7, 11) is 1.78. The van der Waals surface area contributed by atoms with E-state index in [2.05, 4.69) is 26.6 Å². The van der Waals surface area contributed by atoms with Crippen molar-refractivity contribution < 1.29 is 14.3 Å². The van der Waals surface area contributed by atoms with Crippen LogP contribution in [0.4, 0.5) is 0 Å². The summed E-state index contributed by atoms with van der Waals surface area (Å²) in [5.41, 5.74) is 9.20. The Morgan fingerprint density at radius 2 is 1.87 bits per heavy atom. The maximum atomic E-state index is 13.0. The standard InChI is InChI=1S/C27H26N8O3/c1-15-22(14-31-35(15)19-5-3-16(12-28)4-6-19)25(37)32-18-8-27(9-18)10-20(11-27)38-26-21(23(29)36)7-17-13-30-34(2)24(17)33-26/h3-7,13-14,18,20H,8-11H2,1-2H3,(H2,29,36)(H,32,37)/t18-,20-,27?. The van der Waals surface area contributed by atoms with Gasteiger partial charge in [0.15, 0.2) is 5.65 Å². The zero-order chi connectivity index (χ0) is 26.6. The number of nitrogens with two attached hydrogens (primary N) is 1. The minimum absolute atomic E-state index is 0.0594. The summed E-state index contributed by atoms with van der Waals surface area (Å²) in [6, 6.07) is 10.9.